The fourth-order valence-electron chi connectivity index (χ4n) is 1.51. The van der Waals surface area contributed by atoms with E-state index in [4.69, 9.17) is 10.2 Å². The highest BCUT2D eigenvalue weighted by Crippen LogP contribution is 2.21. The fourth-order valence-corrected chi connectivity index (χ4v) is 2.76. The van der Waals surface area contributed by atoms with Crippen molar-refractivity contribution in [3.8, 4) is 0 Å². The van der Waals surface area contributed by atoms with Crippen molar-refractivity contribution < 1.29 is 18.6 Å². The van der Waals surface area contributed by atoms with E-state index in [0.29, 0.717) is 5.56 Å². The van der Waals surface area contributed by atoms with Crippen LogP contribution in [0.5, 0.6) is 0 Å². The molecule has 0 amide bonds. The smallest absolute Gasteiger partial charge is 0.263 e. The first-order valence-electron chi connectivity index (χ1n) is 5.00. The fraction of sp³-hybridized carbons (Fsp3) is 0.300. The number of nitrogens with one attached hydrogen (secondary N) is 1. The van der Waals surface area contributed by atoms with Crippen LogP contribution in [0.3, 0.4) is 0 Å². The van der Waals surface area contributed by atoms with Gasteiger partial charge < -0.3 is 10.2 Å². The van der Waals surface area contributed by atoms with Crippen LogP contribution in [-0.2, 0) is 10.0 Å². The van der Waals surface area contributed by atoms with E-state index >= 15 is 0 Å². The maximum Gasteiger partial charge on any atom is 0.263 e. The summed E-state index contributed by atoms with van der Waals surface area (Å²) < 4.78 is 25.7. The molecule has 6 nitrogen and oxygen atoms in total. The Morgan fingerprint density at radius 2 is 2.06 bits per heavy atom. The van der Waals surface area contributed by atoms with Crippen LogP contribution in [0.4, 0.5) is 0 Å². The van der Waals surface area contributed by atoms with E-state index in [0.717, 1.165) is 0 Å². The van der Waals surface area contributed by atoms with E-state index in [2.05, 4.69) is 9.71 Å². The minimum absolute atomic E-state index is 0.0529. The maximum atomic E-state index is 11.7. The molecule has 1 aliphatic heterocycles. The van der Waals surface area contributed by atoms with Crippen molar-refractivity contribution in [3.05, 3.63) is 29.8 Å². The second kappa shape index (κ2) is 4.44. The molecule has 2 rings (SSSR count). The topological polar surface area (TPSA) is 99.0 Å². The molecule has 0 fully saturated rings. The SMILES string of the molecule is O=S1(=O)NC(=NCC(O)CO)c2ccccc21. The van der Waals surface area contributed by atoms with Crippen LogP contribution in [0.1, 0.15) is 5.56 Å². The van der Waals surface area contributed by atoms with Crippen LogP contribution in [0.2, 0.25) is 0 Å². The molecule has 92 valence electrons. The van der Waals surface area contributed by atoms with Gasteiger partial charge in [0.1, 0.15) is 5.84 Å². The molecule has 7 heteroatoms. The first kappa shape index (κ1) is 12.0. The van der Waals surface area contributed by atoms with E-state index < -0.39 is 22.7 Å². The third-order valence-electron chi connectivity index (χ3n) is 2.33. The zero-order valence-corrected chi connectivity index (χ0v) is 9.68. The summed E-state index contributed by atoms with van der Waals surface area (Å²) in [7, 11) is -3.53. The Labute approximate surface area is 98.7 Å². The number of benzene rings is 1. The molecule has 1 aliphatic rings. The maximum absolute atomic E-state index is 11.7. The molecule has 1 heterocycles. The molecule has 0 bridgehead atoms. The second-order valence-corrected chi connectivity index (χ2v) is 5.28. The largest absolute Gasteiger partial charge is 0.394 e. The summed E-state index contributed by atoms with van der Waals surface area (Å²) in [5.74, 6) is 0.202. The van der Waals surface area contributed by atoms with Crippen LogP contribution in [0.15, 0.2) is 34.2 Å². The number of hydrogen-bond donors (Lipinski definition) is 3. The zero-order valence-electron chi connectivity index (χ0n) is 8.87. The number of hydrogen-bond acceptors (Lipinski definition) is 5. The third-order valence-corrected chi connectivity index (χ3v) is 3.73. The Hall–Kier alpha value is -1.44. The number of nitrogens with zero attached hydrogens (tertiary/aromatic N) is 1. The first-order chi connectivity index (χ1) is 8.04. The summed E-state index contributed by atoms with van der Waals surface area (Å²) in [5, 5.41) is 17.8. The van der Waals surface area contributed by atoms with Gasteiger partial charge in [-0.1, -0.05) is 12.1 Å². The number of aliphatic hydroxyl groups excluding tert-OH is 2. The van der Waals surface area contributed by atoms with Gasteiger partial charge in [0, 0.05) is 5.56 Å². The molecule has 0 spiro atoms. The highest BCUT2D eigenvalue weighted by Gasteiger charge is 2.30. The van der Waals surface area contributed by atoms with Gasteiger partial charge in [0.15, 0.2) is 0 Å². The van der Waals surface area contributed by atoms with Gasteiger partial charge in [-0.05, 0) is 12.1 Å². The summed E-state index contributed by atoms with van der Waals surface area (Å²) >= 11 is 0. The van der Waals surface area contributed by atoms with Gasteiger partial charge in [0.2, 0.25) is 0 Å². The van der Waals surface area contributed by atoms with E-state index in [9.17, 15) is 8.42 Å². The normalized spacial score (nSPS) is 20.9. The molecule has 1 aromatic carbocycles. The number of rotatable bonds is 3. The highest BCUT2D eigenvalue weighted by molar-refractivity contribution is 7.90. The third kappa shape index (κ3) is 2.31. The van der Waals surface area contributed by atoms with Gasteiger partial charge in [-0.3, -0.25) is 9.71 Å². The molecule has 0 aliphatic carbocycles. The summed E-state index contributed by atoms with van der Waals surface area (Å²) in [5.41, 5.74) is 0.484. The Morgan fingerprint density at radius 3 is 2.76 bits per heavy atom. The van der Waals surface area contributed by atoms with Crippen molar-refractivity contribution in [2.45, 2.75) is 11.0 Å². The van der Waals surface area contributed by atoms with E-state index in [1.54, 1.807) is 18.2 Å². The predicted octanol–water partition coefficient (Wildman–Crippen LogP) is -0.922. The van der Waals surface area contributed by atoms with Crippen LogP contribution in [0, 0.1) is 0 Å². The van der Waals surface area contributed by atoms with E-state index in [1.807, 2.05) is 0 Å². The van der Waals surface area contributed by atoms with Crippen molar-refractivity contribution in [3.63, 3.8) is 0 Å². The molecule has 3 N–H and O–H groups in total. The molecular formula is C10H12N2O4S. The van der Waals surface area contributed by atoms with Gasteiger partial charge in [-0.2, -0.15) is 0 Å². The lowest BCUT2D eigenvalue weighted by Gasteiger charge is -2.03. The van der Waals surface area contributed by atoms with Crippen molar-refractivity contribution in [2.24, 2.45) is 4.99 Å². The van der Waals surface area contributed by atoms with Crippen LogP contribution < -0.4 is 4.72 Å². The average Bonchev–Trinajstić information content (AvgIpc) is 2.59. The number of aliphatic imine (C=N–C) groups is 1. The Kier molecular flexibility index (Phi) is 3.14. The van der Waals surface area contributed by atoms with Crippen molar-refractivity contribution >= 4 is 15.9 Å². The van der Waals surface area contributed by atoms with E-state index in [1.165, 1.54) is 6.07 Å². The minimum Gasteiger partial charge on any atom is -0.394 e. The van der Waals surface area contributed by atoms with Gasteiger partial charge in [0.05, 0.1) is 24.2 Å². The lowest BCUT2D eigenvalue weighted by molar-refractivity contribution is 0.102. The number of aliphatic hydroxyl groups is 2. The molecule has 1 unspecified atom stereocenters. The zero-order chi connectivity index (χ0) is 12.5. The van der Waals surface area contributed by atoms with Crippen molar-refractivity contribution in [1.29, 1.82) is 0 Å². The summed E-state index contributed by atoms with van der Waals surface area (Å²) in [6.07, 6.45) is -0.986. The highest BCUT2D eigenvalue weighted by atomic mass is 32.2. The molecule has 17 heavy (non-hydrogen) atoms. The molecule has 0 saturated heterocycles. The van der Waals surface area contributed by atoms with Crippen molar-refractivity contribution in [2.75, 3.05) is 13.2 Å². The van der Waals surface area contributed by atoms with Crippen molar-refractivity contribution in [1.82, 2.24) is 4.72 Å². The molecule has 0 radical (unpaired) electrons. The van der Waals surface area contributed by atoms with Gasteiger partial charge >= 0.3 is 0 Å². The molecule has 0 saturated carbocycles. The van der Waals surface area contributed by atoms with Gasteiger partial charge in [-0.25, -0.2) is 8.42 Å². The van der Waals surface area contributed by atoms with Crippen LogP contribution in [0.25, 0.3) is 0 Å². The lowest BCUT2D eigenvalue weighted by Crippen LogP contribution is -2.24. The van der Waals surface area contributed by atoms with Gasteiger partial charge in [0.25, 0.3) is 10.0 Å². The Balaban J connectivity index is 2.35. The lowest BCUT2D eigenvalue weighted by atomic mass is 10.2. The number of amidine groups is 1. The molecule has 1 atom stereocenters. The predicted molar refractivity (Wildman–Crippen MR) is 61.3 cm³/mol. The van der Waals surface area contributed by atoms with Gasteiger partial charge in [-0.15, -0.1) is 0 Å². The quantitative estimate of drug-likeness (QED) is 0.651. The van der Waals surface area contributed by atoms with Crippen LogP contribution in [-0.4, -0.2) is 43.7 Å². The summed E-state index contributed by atoms with van der Waals surface area (Å²) in [4.78, 5) is 4.13. The molecule has 0 aromatic heterocycles. The minimum atomic E-state index is -3.53. The molecule has 1 aromatic rings. The van der Waals surface area contributed by atoms with Crippen LogP contribution >= 0.6 is 0 Å². The monoisotopic (exact) mass is 256 g/mol. The average molecular weight is 256 g/mol. The Bertz CT molecular complexity index is 553. The number of sulfonamides is 1. The Morgan fingerprint density at radius 1 is 1.35 bits per heavy atom. The first-order valence-corrected chi connectivity index (χ1v) is 6.48. The van der Waals surface area contributed by atoms with E-state index in [-0.39, 0.29) is 17.3 Å². The summed E-state index contributed by atoms with van der Waals surface area (Å²) in [6, 6.07) is 6.46. The second-order valence-electron chi connectivity index (χ2n) is 3.63. The summed E-state index contributed by atoms with van der Waals surface area (Å²) in [6.45, 7) is -0.464. The number of fused-ring (bicyclic) bond motifs is 1. The standard InChI is InChI=1S/C10H12N2O4S/c13-6-7(14)5-11-10-8-3-1-2-4-9(8)17(15,16)12-10/h1-4,7,13-14H,5-6H2,(H,11,12). The molecular weight excluding hydrogens is 244 g/mol.